The zero-order valence-corrected chi connectivity index (χ0v) is 10.7. The van der Waals surface area contributed by atoms with Gasteiger partial charge >= 0.3 is 0 Å². The van der Waals surface area contributed by atoms with E-state index in [4.69, 9.17) is 0 Å². The second kappa shape index (κ2) is 4.94. The average molecular weight is 240 g/mol. The predicted octanol–water partition coefficient (Wildman–Crippen LogP) is 0.940. The van der Waals surface area contributed by atoms with Gasteiger partial charge in [0.15, 0.2) is 0 Å². The van der Waals surface area contributed by atoms with E-state index >= 15 is 0 Å². The van der Waals surface area contributed by atoms with E-state index in [-0.39, 0.29) is 23.6 Å². The van der Waals surface area contributed by atoms with Crippen molar-refractivity contribution in [1.82, 2.24) is 10.6 Å². The number of aliphatic hydroxyl groups is 1. The number of aliphatic hydroxyl groups excluding tert-OH is 1. The fourth-order valence-electron chi connectivity index (χ4n) is 2.86. The zero-order valence-electron chi connectivity index (χ0n) is 10.7. The summed E-state index contributed by atoms with van der Waals surface area (Å²) < 4.78 is 0. The fraction of sp³-hybridized carbons (Fsp3) is 0.923. The van der Waals surface area contributed by atoms with Crippen molar-refractivity contribution >= 4 is 5.91 Å². The quantitative estimate of drug-likeness (QED) is 0.670. The van der Waals surface area contributed by atoms with Crippen LogP contribution in [-0.4, -0.2) is 35.7 Å². The largest absolute Gasteiger partial charge is 0.394 e. The summed E-state index contributed by atoms with van der Waals surface area (Å²) in [5.74, 6) is 0.0906. The maximum absolute atomic E-state index is 12.0. The molecule has 2 fully saturated rings. The van der Waals surface area contributed by atoms with Gasteiger partial charge in [-0.2, -0.15) is 0 Å². The van der Waals surface area contributed by atoms with Gasteiger partial charge < -0.3 is 15.7 Å². The van der Waals surface area contributed by atoms with Crippen molar-refractivity contribution in [3.63, 3.8) is 0 Å². The van der Waals surface area contributed by atoms with E-state index in [1.54, 1.807) is 0 Å². The van der Waals surface area contributed by atoms with Crippen LogP contribution in [0.15, 0.2) is 0 Å². The number of rotatable bonds is 5. The topological polar surface area (TPSA) is 61.4 Å². The summed E-state index contributed by atoms with van der Waals surface area (Å²) >= 11 is 0. The molecule has 0 heterocycles. The first-order chi connectivity index (χ1) is 8.14. The highest BCUT2D eigenvalue weighted by Crippen LogP contribution is 2.36. The van der Waals surface area contributed by atoms with Gasteiger partial charge in [0.1, 0.15) is 0 Å². The first-order valence-corrected chi connectivity index (χ1v) is 6.75. The SMILES string of the molecule is CNC1(CC(=O)NC2(CO)CC2)CCCCC1. The lowest BCUT2D eigenvalue weighted by atomic mass is 9.79. The lowest BCUT2D eigenvalue weighted by Crippen LogP contribution is -2.50. The first-order valence-electron chi connectivity index (χ1n) is 6.75. The molecule has 0 unspecified atom stereocenters. The molecule has 1 amide bonds. The first kappa shape index (κ1) is 12.8. The van der Waals surface area contributed by atoms with Crippen molar-refractivity contribution in [3.05, 3.63) is 0 Å². The molecule has 0 saturated heterocycles. The molecular weight excluding hydrogens is 216 g/mol. The van der Waals surface area contributed by atoms with Crippen LogP contribution < -0.4 is 10.6 Å². The van der Waals surface area contributed by atoms with Crippen LogP contribution in [0.1, 0.15) is 51.4 Å². The number of carbonyl (C=O) groups excluding carboxylic acids is 1. The van der Waals surface area contributed by atoms with E-state index in [0.29, 0.717) is 6.42 Å². The summed E-state index contributed by atoms with van der Waals surface area (Å²) in [6.45, 7) is 0.0747. The smallest absolute Gasteiger partial charge is 0.222 e. The van der Waals surface area contributed by atoms with E-state index in [0.717, 1.165) is 25.7 Å². The zero-order chi connectivity index (χ0) is 12.4. The summed E-state index contributed by atoms with van der Waals surface area (Å²) in [4.78, 5) is 12.0. The Balaban J connectivity index is 1.87. The van der Waals surface area contributed by atoms with Crippen LogP contribution in [0.3, 0.4) is 0 Å². The second-order valence-electron chi connectivity index (χ2n) is 5.75. The molecule has 17 heavy (non-hydrogen) atoms. The molecule has 0 radical (unpaired) electrons. The van der Waals surface area contributed by atoms with Gasteiger partial charge in [-0.1, -0.05) is 19.3 Å². The maximum atomic E-state index is 12.0. The van der Waals surface area contributed by atoms with E-state index in [1.165, 1.54) is 19.3 Å². The summed E-state index contributed by atoms with van der Waals surface area (Å²) in [6.07, 6.45) is 8.26. The molecule has 4 heteroatoms. The van der Waals surface area contributed by atoms with Gasteiger partial charge in [-0.3, -0.25) is 4.79 Å². The second-order valence-corrected chi connectivity index (χ2v) is 5.75. The third-order valence-electron chi connectivity index (χ3n) is 4.40. The Morgan fingerprint density at radius 1 is 1.12 bits per heavy atom. The van der Waals surface area contributed by atoms with Crippen molar-refractivity contribution in [1.29, 1.82) is 0 Å². The van der Waals surface area contributed by atoms with E-state index in [1.807, 2.05) is 7.05 Å². The van der Waals surface area contributed by atoms with Gasteiger partial charge in [0.2, 0.25) is 5.91 Å². The molecule has 0 atom stereocenters. The van der Waals surface area contributed by atoms with Gasteiger partial charge in [-0.15, -0.1) is 0 Å². The Labute approximate surface area is 103 Å². The third-order valence-corrected chi connectivity index (χ3v) is 4.40. The minimum Gasteiger partial charge on any atom is -0.394 e. The van der Waals surface area contributed by atoms with Crippen LogP contribution in [-0.2, 0) is 4.79 Å². The number of hydrogen-bond acceptors (Lipinski definition) is 3. The molecule has 0 aromatic heterocycles. The third kappa shape index (κ3) is 2.99. The molecule has 3 N–H and O–H groups in total. The lowest BCUT2D eigenvalue weighted by molar-refractivity contribution is -0.124. The molecule has 2 aliphatic carbocycles. The number of carbonyl (C=O) groups is 1. The summed E-state index contributed by atoms with van der Waals surface area (Å²) in [5, 5.41) is 15.5. The minimum absolute atomic E-state index is 0.00608. The molecule has 98 valence electrons. The Morgan fingerprint density at radius 3 is 2.24 bits per heavy atom. The molecular formula is C13H24N2O2. The van der Waals surface area contributed by atoms with Crippen LogP contribution in [0.25, 0.3) is 0 Å². The molecule has 0 aliphatic heterocycles. The lowest BCUT2D eigenvalue weighted by Gasteiger charge is -2.37. The molecule has 0 bridgehead atoms. The van der Waals surface area contributed by atoms with E-state index < -0.39 is 0 Å². The van der Waals surface area contributed by atoms with E-state index in [9.17, 15) is 9.90 Å². The van der Waals surface area contributed by atoms with Gasteiger partial charge in [-0.25, -0.2) is 0 Å². The molecule has 0 aromatic carbocycles. The summed E-state index contributed by atoms with van der Waals surface area (Å²) in [5.41, 5.74) is -0.283. The highest BCUT2D eigenvalue weighted by molar-refractivity contribution is 5.78. The van der Waals surface area contributed by atoms with Gasteiger partial charge in [-0.05, 0) is 32.7 Å². The highest BCUT2D eigenvalue weighted by atomic mass is 16.3. The Hall–Kier alpha value is -0.610. The van der Waals surface area contributed by atoms with Crippen LogP contribution in [0.5, 0.6) is 0 Å². The molecule has 0 spiro atoms. The fourth-order valence-corrected chi connectivity index (χ4v) is 2.86. The van der Waals surface area contributed by atoms with Crippen molar-refractivity contribution in [2.75, 3.05) is 13.7 Å². The Kier molecular flexibility index (Phi) is 3.73. The molecule has 2 rings (SSSR count). The van der Waals surface area contributed by atoms with Crippen LogP contribution >= 0.6 is 0 Å². The predicted molar refractivity (Wildman–Crippen MR) is 66.7 cm³/mol. The minimum atomic E-state index is -0.277. The van der Waals surface area contributed by atoms with Gasteiger partial charge in [0.25, 0.3) is 0 Å². The Bertz CT molecular complexity index is 281. The number of amides is 1. The van der Waals surface area contributed by atoms with E-state index in [2.05, 4.69) is 10.6 Å². The standard InChI is InChI=1S/C13H24N2O2/c1-14-12(5-3-2-4-6-12)9-11(17)15-13(10-16)7-8-13/h14,16H,2-10H2,1H3,(H,15,17). The summed E-state index contributed by atoms with van der Waals surface area (Å²) in [6, 6.07) is 0. The molecule has 0 aromatic rings. The van der Waals surface area contributed by atoms with Crippen molar-refractivity contribution in [2.24, 2.45) is 0 Å². The highest BCUT2D eigenvalue weighted by Gasteiger charge is 2.44. The van der Waals surface area contributed by atoms with Crippen LogP contribution in [0.4, 0.5) is 0 Å². The average Bonchev–Trinajstić information content (AvgIpc) is 3.10. The number of hydrogen-bond donors (Lipinski definition) is 3. The van der Waals surface area contributed by atoms with Crippen LogP contribution in [0, 0.1) is 0 Å². The molecule has 2 aliphatic rings. The monoisotopic (exact) mass is 240 g/mol. The van der Waals surface area contributed by atoms with Crippen molar-refractivity contribution in [2.45, 2.75) is 62.4 Å². The Morgan fingerprint density at radius 2 is 1.76 bits per heavy atom. The van der Waals surface area contributed by atoms with Crippen LogP contribution in [0.2, 0.25) is 0 Å². The van der Waals surface area contributed by atoms with Gasteiger partial charge in [0.05, 0.1) is 12.1 Å². The molecule has 2 saturated carbocycles. The van der Waals surface area contributed by atoms with Crippen molar-refractivity contribution < 1.29 is 9.90 Å². The summed E-state index contributed by atoms with van der Waals surface area (Å²) in [7, 11) is 1.96. The normalized spacial score (nSPS) is 25.3. The van der Waals surface area contributed by atoms with Crippen molar-refractivity contribution in [3.8, 4) is 0 Å². The van der Waals surface area contributed by atoms with Gasteiger partial charge in [0, 0.05) is 12.0 Å². The maximum Gasteiger partial charge on any atom is 0.222 e. The number of nitrogens with one attached hydrogen (secondary N) is 2. The molecule has 4 nitrogen and oxygen atoms in total.